The van der Waals surface area contributed by atoms with Gasteiger partial charge < -0.3 is 14.0 Å². The van der Waals surface area contributed by atoms with E-state index in [0.717, 1.165) is 21.7 Å². The maximum Gasteiger partial charge on any atom is 0.430 e. The van der Waals surface area contributed by atoms with Crippen LogP contribution in [0.15, 0.2) is 97.3 Å². The lowest BCUT2D eigenvalue weighted by molar-refractivity contribution is 0.0413. The number of ketones is 1. The van der Waals surface area contributed by atoms with Gasteiger partial charge in [-0.3, -0.25) is 4.79 Å². The maximum absolute atomic E-state index is 13.8. The first-order chi connectivity index (χ1) is 18.4. The second-order valence-electron chi connectivity index (χ2n) is 8.62. The van der Waals surface area contributed by atoms with Gasteiger partial charge in [0, 0.05) is 19.4 Å². The van der Waals surface area contributed by atoms with Crippen molar-refractivity contribution >= 4 is 18.0 Å². The summed E-state index contributed by atoms with van der Waals surface area (Å²) in [6.45, 7) is 1.82. The highest BCUT2D eigenvalue weighted by molar-refractivity contribution is 5.99. The molecule has 0 unspecified atom stereocenters. The summed E-state index contributed by atoms with van der Waals surface area (Å²) in [5.74, 6) is -0.405. The van der Waals surface area contributed by atoms with E-state index in [0.29, 0.717) is 5.56 Å². The summed E-state index contributed by atoms with van der Waals surface area (Å²) in [7, 11) is 1.67. The zero-order valence-electron chi connectivity index (χ0n) is 21.1. The fourth-order valence-corrected chi connectivity index (χ4v) is 3.75. The maximum atomic E-state index is 13.8. The largest absolute Gasteiger partial charge is 0.443 e. The van der Waals surface area contributed by atoms with Crippen molar-refractivity contribution in [1.29, 1.82) is 0 Å². The normalized spacial score (nSPS) is 11.3. The van der Waals surface area contributed by atoms with Gasteiger partial charge in [-0.25, -0.2) is 25.0 Å². The summed E-state index contributed by atoms with van der Waals surface area (Å²) in [4.78, 5) is 44.2. The third-order valence-electron chi connectivity index (χ3n) is 5.77. The van der Waals surface area contributed by atoms with Crippen LogP contribution in [0.25, 0.3) is 0 Å². The highest BCUT2D eigenvalue weighted by Gasteiger charge is 2.37. The number of hydrazine groups is 1. The summed E-state index contributed by atoms with van der Waals surface area (Å²) in [5.41, 5.74) is 5.37. The number of hydrogen-bond acceptors (Lipinski definition) is 6. The molecule has 194 valence electrons. The minimum atomic E-state index is -1.27. The lowest BCUT2D eigenvalue weighted by Gasteiger charge is -2.30. The first-order valence-corrected chi connectivity index (χ1v) is 12.0. The number of amides is 2. The number of imidazole rings is 1. The van der Waals surface area contributed by atoms with Gasteiger partial charge in [0.25, 0.3) is 0 Å². The minimum Gasteiger partial charge on any atom is -0.443 e. The molecule has 0 saturated carbocycles. The van der Waals surface area contributed by atoms with Crippen LogP contribution >= 0.6 is 0 Å². The summed E-state index contributed by atoms with van der Waals surface area (Å²) < 4.78 is 12.4. The number of hydrogen-bond donors (Lipinski definition) is 1. The highest BCUT2D eigenvalue weighted by Crippen LogP contribution is 2.25. The third kappa shape index (κ3) is 6.64. The number of benzene rings is 3. The summed E-state index contributed by atoms with van der Waals surface area (Å²) in [5, 5.41) is 0.859. The van der Waals surface area contributed by atoms with E-state index in [1.54, 1.807) is 54.2 Å². The van der Waals surface area contributed by atoms with Crippen molar-refractivity contribution < 1.29 is 23.9 Å². The van der Waals surface area contributed by atoms with Crippen molar-refractivity contribution in [2.45, 2.75) is 26.2 Å². The molecule has 0 spiro atoms. The third-order valence-corrected chi connectivity index (χ3v) is 5.77. The Balaban J connectivity index is 1.64. The fourth-order valence-electron chi connectivity index (χ4n) is 3.75. The van der Waals surface area contributed by atoms with Crippen LogP contribution in [0.1, 0.15) is 38.9 Å². The van der Waals surface area contributed by atoms with Crippen molar-refractivity contribution in [2.24, 2.45) is 7.05 Å². The van der Waals surface area contributed by atoms with Gasteiger partial charge in [0.1, 0.15) is 19.3 Å². The van der Waals surface area contributed by atoms with Crippen LogP contribution in [0.2, 0.25) is 0 Å². The predicted octanol–water partition coefficient (Wildman–Crippen LogP) is 5.13. The number of rotatable bonds is 8. The van der Waals surface area contributed by atoms with Gasteiger partial charge in [0.15, 0.2) is 5.82 Å². The number of aromatic nitrogens is 2. The summed E-state index contributed by atoms with van der Waals surface area (Å²) >= 11 is 0. The van der Waals surface area contributed by atoms with Gasteiger partial charge >= 0.3 is 12.2 Å². The van der Waals surface area contributed by atoms with Gasteiger partial charge in [0.05, 0.1) is 0 Å². The summed E-state index contributed by atoms with van der Waals surface area (Å²) in [6.07, 6.45) is 1.26. The minimum absolute atomic E-state index is 0.0257. The van der Waals surface area contributed by atoms with Crippen LogP contribution in [0.5, 0.6) is 0 Å². The number of carbonyl (C=O) groups excluding carboxylic acids is 3. The van der Waals surface area contributed by atoms with E-state index >= 15 is 0 Å². The number of nitrogens with one attached hydrogen (secondary N) is 1. The average molecular weight is 513 g/mol. The van der Waals surface area contributed by atoms with E-state index in [2.05, 4.69) is 10.4 Å². The Bertz CT molecular complexity index is 1370. The molecule has 1 N–H and O–H groups in total. The molecule has 0 saturated heterocycles. The number of Topliss-reactive ketones (excluding diaryl/α,β-unsaturated/α-hetero) is 1. The van der Waals surface area contributed by atoms with Gasteiger partial charge in [-0.05, 0) is 23.6 Å². The van der Waals surface area contributed by atoms with Crippen LogP contribution < -0.4 is 5.43 Å². The SMILES string of the molecule is Cc1ccc([C@H](C(=O)c2nccn2C)N(NC(=O)OCc2ccccc2)C(=O)OCc2ccccc2)cc1. The molecule has 4 rings (SSSR count). The van der Waals surface area contributed by atoms with Crippen LogP contribution in [0.4, 0.5) is 9.59 Å². The predicted molar refractivity (Wildman–Crippen MR) is 140 cm³/mol. The van der Waals surface area contributed by atoms with E-state index < -0.39 is 24.0 Å². The Hall–Kier alpha value is -4.92. The molecule has 0 bridgehead atoms. The number of nitrogens with zero attached hydrogens (tertiary/aromatic N) is 3. The Morgan fingerprint density at radius 1 is 0.868 bits per heavy atom. The Labute approximate surface area is 220 Å². The molecule has 1 aromatic heterocycles. The number of aryl methyl sites for hydroxylation is 2. The van der Waals surface area contributed by atoms with Crippen molar-refractivity contribution in [3.05, 3.63) is 125 Å². The molecule has 0 aliphatic carbocycles. The van der Waals surface area contributed by atoms with E-state index in [9.17, 15) is 14.4 Å². The van der Waals surface area contributed by atoms with Crippen LogP contribution in [0, 0.1) is 6.92 Å². The fraction of sp³-hybridized carbons (Fsp3) is 0.172. The molecule has 4 aromatic rings. The van der Waals surface area contributed by atoms with E-state index in [1.165, 1.54) is 6.20 Å². The van der Waals surface area contributed by atoms with E-state index in [4.69, 9.17) is 9.47 Å². The molecule has 0 aliphatic heterocycles. The molecule has 9 nitrogen and oxygen atoms in total. The second kappa shape index (κ2) is 12.4. The van der Waals surface area contributed by atoms with Gasteiger partial charge in [-0.15, -0.1) is 0 Å². The van der Waals surface area contributed by atoms with Crippen molar-refractivity contribution in [3.8, 4) is 0 Å². The molecular weight excluding hydrogens is 484 g/mol. The lowest BCUT2D eigenvalue weighted by Crippen LogP contribution is -2.51. The van der Waals surface area contributed by atoms with Crippen LogP contribution in [-0.2, 0) is 29.7 Å². The molecule has 0 aliphatic rings. The number of carbonyl (C=O) groups is 3. The molecular formula is C29H28N4O5. The first-order valence-electron chi connectivity index (χ1n) is 12.0. The molecule has 9 heteroatoms. The molecule has 2 amide bonds. The van der Waals surface area contributed by atoms with Gasteiger partial charge in [-0.2, -0.15) is 0 Å². The molecule has 3 aromatic carbocycles. The first kappa shape index (κ1) is 26.2. The quantitative estimate of drug-likeness (QED) is 0.259. The van der Waals surface area contributed by atoms with Crippen molar-refractivity contribution in [1.82, 2.24) is 20.0 Å². The van der Waals surface area contributed by atoms with Crippen molar-refractivity contribution in [3.63, 3.8) is 0 Å². The highest BCUT2D eigenvalue weighted by atomic mass is 16.6. The molecule has 38 heavy (non-hydrogen) atoms. The van der Waals surface area contributed by atoms with Crippen LogP contribution in [0.3, 0.4) is 0 Å². The standard InChI is InChI=1S/C29H28N4O5/c1-21-13-15-24(16-14-21)25(26(34)27-30-17-18-32(27)2)33(29(36)38-20-23-11-7-4-8-12-23)31-28(35)37-19-22-9-5-3-6-10-22/h3-18,25H,19-20H2,1-2H3,(H,31,35)/t25-/m1/s1. The van der Waals surface area contributed by atoms with Crippen molar-refractivity contribution in [2.75, 3.05) is 0 Å². The Morgan fingerprint density at radius 3 is 2.00 bits per heavy atom. The Kier molecular flexibility index (Phi) is 8.50. The lowest BCUT2D eigenvalue weighted by atomic mass is 10.0. The monoisotopic (exact) mass is 512 g/mol. The van der Waals surface area contributed by atoms with E-state index in [1.807, 2.05) is 55.5 Å². The van der Waals surface area contributed by atoms with Crippen LogP contribution in [-0.4, -0.2) is 32.5 Å². The molecule has 1 atom stereocenters. The van der Waals surface area contributed by atoms with E-state index in [-0.39, 0.29) is 19.0 Å². The molecule has 0 fully saturated rings. The second-order valence-corrected chi connectivity index (χ2v) is 8.62. The zero-order chi connectivity index (χ0) is 26.9. The average Bonchev–Trinajstić information content (AvgIpc) is 3.38. The molecule has 1 heterocycles. The molecule has 0 radical (unpaired) electrons. The van der Waals surface area contributed by atoms with Gasteiger partial charge in [-0.1, -0.05) is 90.5 Å². The smallest absolute Gasteiger partial charge is 0.430 e. The number of ether oxygens (including phenoxy) is 2. The summed E-state index contributed by atoms with van der Waals surface area (Å²) in [6, 6.07) is 24.0. The Morgan fingerprint density at radius 2 is 1.45 bits per heavy atom. The zero-order valence-corrected chi connectivity index (χ0v) is 21.1. The van der Waals surface area contributed by atoms with Gasteiger partial charge in [0.2, 0.25) is 5.78 Å². The topological polar surface area (TPSA) is 103 Å².